The summed E-state index contributed by atoms with van der Waals surface area (Å²) in [5.74, 6) is -0.533. The lowest BCUT2D eigenvalue weighted by molar-refractivity contribution is -0.170. The molecule has 2 fully saturated rings. The summed E-state index contributed by atoms with van der Waals surface area (Å²) in [7, 11) is 0. The van der Waals surface area contributed by atoms with Crippen molar-refractivity contribution in [1.29, 1.82) is 0 Å². The molecule has 24 heavy (non-hydrogen) atoms. The number of hydrogen-bond donors (Lipinski definition) is 1. The van der Waals surface area contributed by atoms with Crippen LogP contribution in [0.1, 0.15) is 73.1 Å². The van der Waals surface area contributed by atoms with E-state index in [1.165, 1.54) is 0 Å². The summed E-state index contributed by atoms with van der Waals surface area (Å²) in [6, 6.07) is -0.843. The fraction of sp³-hybridized carbons (Fsp3) is 0.895. The molecule has 0 radical (unpaired) electrons. The van der Waals surface area contributed by atoms with Crippen LogP contribution in [0.5, 0.6) is 0 Å². The first-order valence-electron chi connectivity index (χ1n) is 9.36. The van der Waals surface area contributed by atoms with Crippen LogP contribution >= 0.6 is 0 Å². The van der Waals surface area contributed by atoms with Crippen LogP contribution in [0.4, 0.5) is 0 Å². The number of carbonyl (C=O) groups excluding carboxylic acids is 1. The van der Waals surface area contributed by atoms with Gasteiger partial charge in [0.15, 0.2) is 6.04 Å². The van der Waals surface area contributed by atoms with Crippen LogP contribution in [0.15, 0.2) is 0 Å². The summed E-state index contributed by atoms with van der Waals surface area (Å²) < 4.78 is 6.01. The highest BCUT2D eigenvalue weighted by molar-refractivity contribution is 5.86. The van der Waals surface area contributed by atoms with E-state index in [0.29, 0.717) is 5.92 Å². The normalized spacial score (nSPS) is 31.0. The summed E-state index contributed by atoms with van der Waals surface area (Å²) in [6.07, 6.45) is 4.90. The second-order valence-electron chi connectivity index (χ2n) is 8.47. The fourth-order valence-electron chi connectivity index (χ4n) is 4.35. The van der Waals surface area contributed by atoms with E-state index in [0.717, 1.165) is 38.5 Å². The van der Waals surface area contributed by atoms with Crippen molar-refractivity contribution in [2.75, 3.05) is 6.61 Å². The largest absolute Gasteiger partial charge is 0.480 e. The number of amides is 1. The zero-order valence-electron chi connectivity index (χ0n) is 15.8. The standard InChI is InChI=1S/C19H33NO4/c1-6-13(7-2)16(21)20-15(17(22)23)12-24-19(20)10-8-14(9-11-19)18(3,4)5/h13-15H,6-12H2,1-5H3,(H,22,23). The maximum absolute atomic E-state index is 13.1. The van der Waals surface area contributed by atoms with Gasteiger partial charge in [-0.25, -0.2) is 4.79 Å². The highest BCUT2D eigenvalue weighted by Crippen LogP contribution is 2.47. The highest BCUT2D eigenvalue weighted by Gasteiger charge is 2.55. The lowest BCUT2D eigenvalue weighted by Gasteiger charge is -2.46. The molecular formula is C19H33NO4. The number of nitrogens with zero attached hydrogens (tertiary/aromatic N) is 1. The van der Waals surface area contributed by atoms with E-state index in [1.807, 2.05) is 13.8 Å². The zero-order chi connectivity index (χ0) is 18.1. The van der Waals surface area contributed by atoms with Gasteiger partial charge in [0.2, 0.25) is 5.91 Å². The van der Waals surface area contributed by atoms with Crippen LogP contribution in [-0.2, 0) is 14.3 Å². The molecule has 0 aromatic rings. The van der Waals surface area contributed by atoms with E-state index < -0.39 is 17.7 Å². The van der Waals surface area contributed by atoms with Gasteiger partial charge in [-0.15, -0.1) is 0 Å². The number of ether oxygens (including phenoxy) is 1. The molecule has 1 heterocycles. The van der Waals surface area contributed by atoms with Crippen molar-refractivity contribution >= 4 is 11.9 Å². The fourth-order valence-corrected chi connectivity index (χ4v) is 4.35. The molecule has 1 amide bonds. The molecule has 5 heteroatoms. The van der Waals surface area contributed by atoms with E-state index in [2.05, 4.69) is 20.8 Å². The summed E-state index contributed by atoms with van der Waals surface area (Å²) >= 11 is 0. The van der Waals surface area contributed by atoms with Crippen molar-refractivity contribution in [3.63, 3.8) is 0 Å². The molecule has 1 saturated heterocycles. The highest BCUT2D eigenvalue weighted by atomic mass is 16.5. The van der Waals surface area contributed by atoms with Crippen molar-refractivity contribution in [1.82, 2.24) is 4.90 Å². The minimum absolute atomic E-state index is 0.0425. The van der Waals surface area contributed by atoms with Gasteiger partial charge in [0.05, 0.1) is 6.61 Å². The molecule has 0 aromatic carbocycles. The van der Waals surface area contributed by atoms with Crippen molar-refractivity contribution < 1.29 is 19.4 Å². The van der Waals surface area contributed by atoms with Crippen LogP contribution in [0.3, 0.4) is 0 Å². The molecule has 0 aromatic heterocycles. The molecule has 1 N–H and O–H groups in total. The van der Waals surface area contributed by atoms with E-state index in [4.69, 9.17) is 4.74 Å². The van der Waals surface area contributed by atoms with E-state index in [9.17, 15) is 14.7 Å². The Morgan fingerprint density at radius 3 is 2.17 bits per heavy atom. The number of carboxylic acid groups (broad SMARTS) is 1. The predicted molar refractivity (Wildman–Crippen MR) is 92.4 cm³/mol. The first-order valence-corrected chi connectivity index (χ1v) is 9.36. The summed E-state index contributed by atoms with van der Waals surface area (Å²) in [4.78, 5) is 26.4. The third-order valence-electron chi connectivity index (χ3n) is 6.11. The topological polar surface area (TPSA) is 66.8 Å². The zero-order valence-corrected chi connectivity index (χ0v) is 15.8. The molecular weight excluding hydrogens is 306 g/mol. The average Bonchev–Trinajstić information content (AvgIpc) is 2.87. The number of hydrogen-bond acceptors (Lipinski definition) is 3. The molecule has 0 bridgehead atoms. The van der Waals surface area contributed by atoms with Gasteiger partial charge >= 0.3 is 5.97 Å². The number of aliphatic carboxylic acids is 1. The van der Waals surface area contributed by atoms with Crippen molar-refractivity contribution in [3.8, 4) is 0 Å². The summed E-state index contributed by atoms with van der Waals surface area (Å²) in [5, 5.41) is 9.58. The monoisotopic (exact) mass is 339 g/mol. The quantitative estimate of drug-likeness (QED) is 0.848. The van der Waals surface area contributed by atoms with Gasteiger partial charge in [-0.1, -0.05) is 34.6 Å². The second-order valence-corrected chi connectivity index (χ2v) is 8.47. The molecule has 2 aliphatic rings. The van der Waals surface area contributed by atoms with Crippen LogP contribution in [-0.4, -0.2) is 40.3 Å². The Morgan fingerprint density at radius 1 is 1.21 bits per heavy atom. The van der Waals surface area contributed by atoms with Gasteiger partial charge in [0.1, 0.15) is 5.72 Å². The van der Waals surface area contributed by atoms with Crippen molar-refractivity contribution in [2.24, 2.45) is 17.3 Å². The number of carboxylic acids is 1. The lowest BCUT2D eigenvalue weighted by atomic mass is 9.70. The van der Waals surface area contributed by atoms with Crippen LogP contribution in [0.25, 0.3) is 0 Å². The van der Waals surface area contributed by atoms with Crippen LogP contribution < -0.4 is 0 Å². The maximum Gasteiger partial charge on any atom is 0.328 e. The Labute approximate surface area is 145 Å². The van der Waals surface area contributed by atoms with Crippen molar-refractivity contribution in [2.45, 2.75) is 84.9 Å². The van der Waals surface area contributed by atoms with Gasteiger partial charge in [0.25, 0.3) is 0 Å². The van der Waals surface area contributed by atoms with Gasteiger partial charge in [-0.05, 0) is 49.9 Å². The molecule has 1 aliphatic carbocycles. The maximum atomic E-state index is 13.1. The van der Waals surface area contributed by atoms with Gasteiger partial charge in [0, 0.05) is 5.92 Å². The Hall–Kier alpha value is -1.10. The van der Waals surface area contributed by atoms with Gasteiger partial charge in [-0.2, -0.15) is 0 Å². The van der Waals surface area contributed by atoms with Crippen LogP contribution in [0.2, 0.25) is 0 Å². The Morgan fingerprint density at radius 2 is 1.75 bits per heavy atom. The Balaban J connectivity index is 2.25. The third-order valence-corrected chi connectivity index (χ3v) is 6.11. The van der Waals surface area contributed by atoms with E-state index in [-0.39, 0.29) is 23.8 Å². The molecule has 1 spiro atoms. The van der Waals surface area contributed by atoms with Gasteiger partial charge < -0.3 is 9.84 Å². The number of carbonyl (C=O) groups is 2. The average molecular weight is 339 g/mol. The molecule has 1 unspecified atom stereocenters. The van der Waals surface area contributed by atoms with Crippen molar-refractivity contribution in [3.05, 3.63) is 0 Å². The van der Waals surface area contributed by atoms with E-state index in [1.54, 1.807) is 4.90 Å². The lowest BCUT2D eigenvalue weighted by Crippen LogP contribution is -2.57. The molecule has 2 rings (SSSR count). The third kappa shape index (κ3) is 3.46. The minimum atomic E-state index is -0.955. The smallest absolute Gasteiger partial charge is 0.328 e. The first kappa shape index (κ1) is 19.2. The Bertz CT molecular complexity index is 470. The second kappa shape index (κ2) is 7.03. The molecule has 1 atom stereocenters. The Kier molecular flexibility index (Phi) is 5.63. The van der Waals surface area contributed by atoms with Gasteiger partial charge in [-0.3, -0.25) is 9.69 Å². The molecule has 5 nitrogen and oxygen atoms in total. The number of rotatable bonds is 4. The summed E-state index contributed by atoms with van der Waals surface area (Å²) in [5.41, 5.74) is -0.471. The minimum Gasteiger partial charge on any atom is -0.480 e. The SMILES string of the molecule is CCC(CC)C(=O)N1C(C(=O)O)COC12CCC(C(C)(C)C)CC2. The van der Waals surface area contributed by atoms with E-state index >= 15 is 0 Å². The molecule has 1 aliphatic heterocycles. The first-order chi connectivity index (χ1) is 11.2. The summed E-state index contributed by atoms with van der Waals surface area (Å²) in [6.45, 7) is 10.8. The predicted octanol–water partition coefficient (Wildman–Crippen LogP) is 3.67. The van der Waals surface area contributed by atoms with Crippen LogP contribution in [0, 0.1) is 17.3 Å². The molecule has 138 valence electrons. The molecule has 1 saturated carbocycles.